The van der Waals surface area contributed by atoms with E-state index in [-0.39, 0.29) is 5.91 Å². The molecule has 0 bridgehead atoms. The Kier molecular flexibility index (Phi) is 6.09. The number of pyridine rings is 1. The van der Waals surface area contributed by atoms with Gasteiger partial charge in [0.25, 0.3) is 5.91 Å². The molecule has 0 atom stereocenters. The van der Waals surface area contributed by atoms with Crippen molar-refractivity contribution < 1.29 is 18.0 Å². The Balaban J connectivity index is 1.34. The zero-order valence-electron chi connectivity index (χ0n) is 17.0. The summed E-state index contributed by atoms with van der Waals surface area (Å²) in [5, 5.41) is 0. The lowest BCUT2D eigenvalue weighted by molar-refractivity contribution is -0.137. The van der Waals surface area contributed by atoms with Crippen molar-refractivity contribution in [2.45, 2.75) is 38.3 Å². The van der Waals surface area contributed by atoms with Crippen LogP contribution in [0.1, 0.15) is 56.5 Å². The highest BCUT2D eigenvalue weighted by molar-refractivity contribution is 7.11. The molecule has 1 amide bonds. The number of carbonyl (C=O) groups excluding carboxylic acids is 1. The molecule has 0 unspecified atom stereocenters. The zero-order chi connectivity index (χ0) is 22.0. The molecule has 1 fully saturated rings. The number of nitrogens with zero attached hydrogens (tertiary/aromatic N) is 3. The van der Waals surface area contributed by atoms with Crippen LogP contribution in [0.25, 0.3) is 0 Å². The monoisotopic (exact) mass is 445 g/mol. The van der Waals surface area contributed by atoms with Gasteiger partial charge >= 0.3 is 6.18 Å². The van der Waals surface area contributed by atoms with E-state index in [1.807, 2.05) is 24.0 Å². The molecule has 1 aromatic carbocycles. The summed E-state index contributed by atoms with van der Waals surface area (Å²) >= 11 is 1.38. The van der Waals surface area contributed by atoms with E-state index < -0.39 is 11.7 Å². The lowest BCUT2D eigenvalue weighted by Gasteiger charge is -2.31. The van der Waals surface area contributed by atoms with Gasteiger partial charge in [-0.1, -0.05) is 18.2 Å². The predicted octanol–water partition coefficient (Wildman–Crippen LogP) is 5.48. The Labute approximate surface area is 182 Å². The third-order valence-electron chi connectivity index (χ3n) is 5.68. The molecule has 3 aromatic rings. The first-order chi connectivity index (χ1) is 14.8. The molecule has 4 nitrogen and oxygen atoms in total. The van der Waals surface area contributed by atoms with Crippen LogP contribution in [-0.2, 0) is 12.6 Å². The highest BCUT2D eigenvalue weighted by Crippen LogP contribution is 2.30. The smallest absolute Gasteiger partial charge is 0.338 e. The molecule has 8 heteroatoms. The summed E-state index contributed by atoms with van der Waals surface area (Å²) in [6.45, 7) is 3.23. The largest absolute Gasteiger partial charge is 0.416 e. The lowest BCUT2D eigenvalue weighted by atomic mass is 9.92. The van der Waals surface area contributed by atoms with E-state index in [1.54, 1.807) is 11.7 Å². The summed E-state index contributed by atoms with van der Waals surface area (Å²) in [7, 11) is 0. The first kappa shape index (κ1) is 21.5. The number of likely N-dealkylation sites (tertiary alicyclic amines) is 1. The minimum absolute atomic E-state index is 0.0540. The summed E-state index contributed by atoms with van der Waals surface area (Å²) in [4.78, 5) is 24.0. The van der Waals surface area contributed by atoms with E-state index in [0.717, 1.165) is 47.5 Å². The Morgan fingerprint density at radius 1 is 1.06 bits per heavy atom. The summed E-state index contributed by atoms with van der Waals surface area (Å²) in [5.74, 6) is 0.352. The molecule has 0 spiro atoms. The number of hydrogen-bond donors (Lipinski definition) is 0. The van der Waals surface area contributed by atoms with Crippen molar-refractivity contribution in [3.05, 3.63) is 81.1 Å². The van der Waals surface area contributed by atoms with E-state index in [1.165, 1.54) is 23.5 Å². The highest BCUT2D eigenvalue weighted by atomic mass is 32.1. The molecule has 0 N–H and O–H groups in total. The summed E-state index contributed by atoms with van der Waals surface area (Å²) < 4.78 is 38.1. The zero-order valence-corrected chi connectivity index (χ0v) is 17.8. The number of hydrogen-bond acceptors (Lipinski definition) is 4. The van der Waals surface area contributed by atoms with Crippen molar-refractivity contribution in [3.8, 4) is 0 Å². The summed E-state index contributed by atoms with van der Waals surface area (Å²) in [6.07, 6.45) is -0.275. The van der Waals surface area contributed by atoms with Gasteiger partial charge in [0.2, 0.25) is 0 Å². The molecule has 1 aliphatic rings. The second-order valence-corrected chi connectivity index (χ2v) is 8.65. The van der Waals surface area contributed by atoms with Crippen LogP contribution >= 0.6 is 11.3 Å². The van der Waals surface area contributed by atoms with E-state index in [2.05, 4.69) is 9.97 Å². The Morgan fingerprint density at radius 3 is 2.29 bits per heavy atom. The van der Waals surface area contributed by atoms with Crippen LogP contribution in [0.2, 0.25) is 0 Å². The Hall–Kier alpha value is -2.74. The number of carbonyl (C=O) groups is 1. The molecule has 3 heterocycles. The van der Waals surface area contributed by atoms with Gasteiger partial charge in [-0.05, 0) is 55.5 Å². The van der Waals surface area contributed by atoms with Gasteiger partial charge in [-0.3, -0.25) is 9.78 Å². The van der Waals surface area contributed by atoms with Crippen molar-refractivity contribution in [1.29, 1.82) is 0 Å². The third-order valence-corrected chi connectivity index (χ3v) is 6.59. The van der Waals surface area contributed by atoms with Crippen LogP contribution in [0.3, 0.4) is 0 Å². The van der Waals surface area contributed by atoms with Gasteiger partial charge in [-0.15, -0.1) is 11.3 Å². The number of rotatable bonds is 4. The fourth-order valence-electron chi connectivity index (χ4n) is 3.86. The van der Waals surface area contributed by atoms with Gasteiger partial charge in [0, 0.05) is 30.9 Å². The number of aryl methyl sites for hydroxylation is 1. The normalized spacial score (nSPS) is 15.3. The van der Waals surface area contributed by atoms with Gasteiger partial charge in [0.15, 0.2) is 0 Å². The minimum Gasteiger partial charge on any atom is -0.338 e. The predicted molar refractivity (Wildman–Crippen MR) is 113 cm³/mol. The van der Waals surface area contributed by atoms with Crippen molar-refractivity contribution >= 4 is 17.2 Å². The molecular formula is C23H22F3N3OS. The molecule has 0 radical (unpaired) electrons. The number of thiazole rings is 1. The molecular weight excluding hydrogens is 423 g/mol. The van der Waals surface area contributed by atoms with Crippen LogP contribution in [0.5, 0.6) is 0 Å². The van der Waals surface area contributed by atoms with E-state index in [4.69, 9.17) is 0 Å². The van der Waals surface area contributed by atoms with Gasteiger partial charge in [0.05, 0.1) is 16.8 Å². The number of halogens is 3. The van der Waals surface area contributed by atoms with Gasteiger partial charge in [0.1, 0.15) is 4.88 Å². The van der Waals surface area contributed by atoms with Crippen LogP contribution in [0.4, 0.5) is 13.2 Å². The average Bonchev–Trinajstić information content (AvgIpc) is 3.19. The first-order valence-corrected chi connectivity index (χ1v) is 11.0. The topological polar surface area (TPSA) is 46.1 Å². The van der Waals surface area contributed by atoms with Crippen LogP contribution in [-0.4, -0.2) is 33.9 Å². The molecule has 1 aliphatic heterocycles. The number of piperidine rings is 1. The van der Waals surface area contributed by atoms with Crippen LogP contribution in [0, 0.1) is 6.92 Å². The Morgan fingerprint density at radius 2 is 1.74 bits per heavy atom. The van der Waals surface area contributed by atoms with Crippen LogP contribution < -0.4 is 0 Å². The SMILES string of the molecule is Cc1ncsc1C(=O)N1CCC(c2ccc(Cc3ccc(C(F)(F)F)cc3)cn2)CC1. The lowest BCUT2D eigenvalue weighted by Crippen LogP contribution is -2.38. The van der Waals surface area contributed by atoms with Gasteiger partial charge in [-0.2, -0.15) is 13.2 Å². The molecule has 0 aliphatic carbocycles. The minimum atomic E-state index is -4.32. The van der Waals surface area contributed by atoms with Gasteiger partial charge < -0.3 is 4.90 Å². The highest BCUT2D eigenvalue weighted by Gasteiger charge is 2.30. The Bertz CT molecular complexity index is 1040. The van der Waals surface area contributed by atoms with Crippen molar-refractivity contribution in [3.63, 3.8) is 0 Å². The molecule has 31 heavy (non-hydrogen) atoms. The second-order valence-electron chi connectivity index (χ2n) is 7.80. The van der Waals surface area contributed by atoms with E-state index in [0.29, 0.717) is 30.3 Å². The van der Waals surface area contributed by atoms with Crippen molar-refractivity contribution in [2.24, 2.45) is 0 Å². The quantitative estimate of drug-likeness (QED) is 0.535. The molecule has 162 valence electrons. The molecule has 0 saturated carbocycles. The van der Waals surface area contributed by atoms with Crippen molar-refractivity contribution in [2.75, 3.05) is 13.1 Å². The number of amides is 1. The number of aromatic nitrogens is 2. The maximum Gasteiger partial charge on any atom is 0.416 e. The van der Waals surface area contributed by atoms with E-state index in [9.17, 15) is 18.0 Å². The molecule has 1 saturated heterocycles. The first-order valence-electron chi connectivity index (χ1n) is 10.1. The third kappa shape index (κ3) is 4.95. The summed E-state index contributed by atoms with van der Waals surface area (Å²) in [6, 6.07) is 9.22. The molecule has 4 rings (SSSR count). The van der Waals surface area contributed by atoms with Crippen molar-refractivity contribution in [1.82, 2.24) is 14.9 Å². The number of benzene rings is 1. The fourth-order valence-corrected chi connectivity index (χ4v) is 4.63. The standard InChI is InChI=1S/C23H22F3N3OS/c1-15-21(31-14-28-15)22(30)29-10-8-18(9-11-29)20-7-4-17(13-27-20)12-16-2-5-19(6-3-16)23(24,25)26/h2-7,13-14,18H,8-12H2,1H3. The fraction of sp³-hybridized carbons (Fsp3) is 0.348. The maximum atomic E-state index is 12.7. The summed E-state index contributed by atoms with van der Waals surface area (Å²) in [5.41, 5.74) is 4.61. The van der Waals surface area contributed by atoms with E-state index >= 15 is 0 Å². The van der Waals surface area contributed by atoms with Gasteiger partial charge in [-0.25, -0.2) is 4.98 Å². The maximum absolute atomic E-state index is 12.7. The second kappa shape index (κ2) is 8.78. The molecule has 2 aromatic heterocycles. The number of alkyl halides is 3. The average molecular weight is 446 g/mol. The van der Waals surface area contributed by atoms with Crippen LogP contribution in [0.15, 0.2) is 48.1 Å².